The number of fused-ring (bicyclic) bond motifs is 13. The first kappa shape index (κ1) is 35.7. The van der Waals surface area contributed by atoms with Crippen LogP contribution < -0.4 is 14.5 Å². The maximum absolute atomic E-state index is 7.30. The van der Waals surface area contributed by atoms with Gasteiger partial charge in [0.1, 0.15) is 23.0 Å². The number of hydrogen-bond acceptors (Lipinski definition) is 5. The van der Waals surface area contributed by atoms with E-state index < -0.39 is 0 Å². The Morgan fingerprint density at radius 2 is 0.952 bits per heavy atom. The number of furan rings is 2. The average molecular weight is 813 g/mol. The molecular weight excluding hydrogens is 773 g/mol. The van der Waals surface area contributed by atoms with Crippen LogP contribution in [0, 0.1) is 13.8 Å². The molecule has 13 rings (SSSR count). The molecule has 3 heterocycles. The Balaban J connectivity index is 1.05. The van der Waals surface area contributed by atoms with E-state index in [0.29, 0.717) is 0 Å². The SMILES string of the molecule is Cc1cccc(N(C2=CC3c4c(cc(N(c5cccc(C)c5)c5cccc6c5oc5ccccc56)c5ccccc45)OC3c3ccccc32)c2cccc3c2oc2ccccc23)c1. The number of hydrogen-bond donors (Lipinski definition) is 0. The summed E-state index contributed by atoms with van der Waals surface area (Å²) < 4.78 is 20.8. The summed E-state index contributed by atoms with van der Waals surface area (Å²) in [4.78, 5) is 4.75. The predicted octanol–water partition coefficient (Wildman–Crippen LogP) is 16.1. The summed E-state index contributed by atoms with van der Waals surface area (Å²) in [5.74, 6) is 0.791. The second-order valence-electron chi connectivity index (χ2n) is 16.9. The molecule has 0 spiro atoms. The van der Waals surface area contributed by atoms with Crippen LogP contribution in [0.2, 0.25) is 0 Å². The Hall–Kier alpha value is -8.02. The fraction of sp³-hybridized carbons (Fsp3) is 0.0690. The van der Waals surface area contributed by atoms with Crippen LogP contribution in [0.15, 0.2) is 203 Å². The van der Waals surface area contributed by atoms with Gasteiger partial charge in [-0.1, -0.05) is 133 Å². The van der Waals surface area contributed by atoms with Gasteiger partial charge in [0.2, 0.25) is 0 Å². The van der Waals surface area contributed by atoms with Gasteiger partial charge < -0.3 is 23.4 Å². The number of benzene rings is 9. The van der Waals surface area contributed by atoms with Gasteiger partial charge in [0.15, 0.2) is 11.2 Å². The highest BCUT2D eigenvalue weighted by atomic mass is 16.5. The van der Waals surface area contributed by atoms with Gasteiger partial charge in [-0.15, -0.1) is 0 Å². The third kappa shape index (κ3) is 5.42. The molecule has 2 unspecified atom stereocenters. The molecule has 1 aliphatic heterocycles. The van der Waals surface area contributed by atoms with E-state index in [9.17, 15) is 0 Å². The smallest absolute Gasteiger partial charge is 0.159 e. The van der Waals surface area contributed by atoms with Crippen LogP contribution in [0.1, 0.15) is 39.8 Å². The molecule has 2 aliphatic rings. The van der Waals surface area contributed by atoms with Crippen molar-refractivity contribution in [3.8, 4) is 5.75 Å². The van der Waals surface area contributed by atoms with Crippen LogP contribution in [-0.2, 0) is 0 Å². The summed E-state index contributed by atoms with van der Waals surface area (Å²) in [6, 6.07) is 66.9. The van der Waals surface area contributed by atoms with Crippen molar-refractivity contribution in [1.29, 1.82) is 0 Å². The molecular formula is C58H40N2O3. The molecule has 5 nitrogen and oxygen atoms in total. The van der Waals surface area contributed by atoms with Gasteiger partial charge in [0.05, 0.1) is 22.8 Å². The molecule has 0 bridgehead atoms. The molecule has 0 saturated carbocycles. The number of aryl methyl sites for hydroxylation is 2. The normalized spacial score (nSPS) is 15.4. The van der Waals surface area contributed by atoms with Gasteiger partial charge in [-0.3, -0.25) is 0 Å². The summed E-state index contributed by atoms with van der Waals surface area (Å²) in [6.45, 7) is 4.30. The van der Waals surface area contributed by atoms with Crippen molar-refractivity contribution >= 4 is 88.8 Å². The average Bonchev–Trinajstić information content (AvgIpc) is 4.02. The summed E-state index contributed by atoms with van der Waals surface area (Å²) in [5.41, 5.74) is 15.4. The van der Waals surface area contributed by atoms with E-state index in [4.69, 9.17) is 13.6 Å². The topological polar surface area (TPSA) is 42.0 Å². The van der Waals surface area contributed by atoms with Crippen LogP contribution in [0.3, 0.4) is 0 Å². The van der Waals surface area contributed by atoms with Crippen LogP contribution in [-0.4, -0.2) is 0 Å². The van der Waals surface area contributed by atoms with Crippen molar-refractivity contribution in [2.24, 2.45) is 0 Å². The second-order valence-corrected chi connectivity index (χ2v) is 16.9. The zero-order valence-corrected chi connectivity index (χ0v) is 34.7. The Labute approximate surface area is 364 Å². The quantitative estimate of drug-likeness (QED) is 0.167. The van der Waals surface area contributed by atoms with E-state index in [1.54, 1.807) is 0 Å². The minimum Gasteiger partial charge on any atom is -0.484 e. The molecule has 2 aromatic heterocycles. The Bertz CT molecular complexity index is 3690. The molecule has 11 aromatic rings. The molecule has 63 heavy (non-hydrogen) atoms. The van der Waals surface area contributed by atoms with E-state index in [0.717, 1.165) is 106 Å². The van der Waals surface area contributed by atoms with E-state index in [2.05, 4.69) is 200 Å². The maximum atomic E-state index is 7.30. The van der Waals surface area contributed by atoms with Gasteiger partial charge in [0, 0.05) is 67.0 Å². The number of ether oxygens (including phenoxy) is 1. The fourth-order valence-electron chi connectivity index (χ4n) is 10.4. The Morgan fingerprint density at radius 3 is 1.60 bits per heavy atom. The minimum absolute atomic E-state index is 0.0859. The monoisotopic (exact) mass is 812 g/mol. The maximum Gasteiger partial charge on any atom is 0.159 e. The highest BCUT2D eigenvalue weighted by Crippen LogP contribution is 2.58. The van der Waals surface area contributed by atoms with E-state index in [-0.39, 0.29) is 12.0 Å². The van der Waals surface area contributed by atoms with Crippen molar-refractivity contribution in [1.82, 2.24) is 0 Å². The van der Waals surface area contributed by atoms with Crippen molar-refractivity contribution in [2.75, 3.05) is 9.80 Å². The lowest BCUT2D eigenvalue weighted by Gasteiger charge is -2.35. The Morgan fingerprint density at radius 1 is 0.429 bits per heavy atom. The van der Waals surface area contributed by atoms with E-state index in [1.807, 2.05) is 18.2 Å². The molecule has 300 valence electrons. The van der Waals surface area contributed by atoms with Gasteiger partial charge in [0.25, 0.3) is 0 Å². The van der Waals surface area contributed by atoms with Crippen LogP contribution in [0.4, 0.5) is 28.4 Å². The van der Waals surface area contributed by atoms with Gasteiger partial charge in [-0.05, 0) is 85.0 Å². The highest BCUT2D eigenvalue weighted by molar-refractivity contribution is 6.13. The fourth-order valence-corrected chi connectivity index (χ4v) is 10.4. The van der Waals surface area contributed by atoms with E-state index >= 15 is 0 Å². The third-order valence-corrected chi connectivity index (χ3v) is 13.1. The molecule has 0 saturated heterocycles. The molecule has 9 aromatic carbocycles. The first-order valence-electron chi connectivity index (χ1n) is 21.6. The molecule has 1 aliphatic carbocycles. The van der Waals surface area contributed by atoms with Crippen molar-refractivity contribution in [3.63, 3.8) is 0 Å². The second kappa shape index (κ2) is 13.7. The lowest BCUT2D eigenvalue weighted by Crippen LogP contribution is -2.23. The summed E-state index contributed by atoms with van der Waals surface area (Å²) in [5, 5.41) is 6.66. The predicted molar refractivity (Wildman–Crippen MR) is 258 cm³/mol. The molecule has 0 N–H and O–H groups in total. The lowest BCUT2D eigenvalue weighted by molar-refractivity contribution is 0.223. The van der Waals surface area contributed by atoms with Crippen LogP contribution in [0.5, 0.6) is 5.75 Å². The molecule has 0 amide bonds. The van der Waals surface area contributed by atoms with Crippen molar-refractivity contribution in [2.45, 2.75) is 25.9 Å². The first-order valence-corrected chi connectivity index (χ1v) is 21.6. The number of para-hydroxylation sites is 4. The zero-order chi connectivity index (χ0) is 41.8. The molecule has 0 fully saturated rings. The largest absolute Gasteiger partial charge is 0.484 e. The van der Waals surface area contributed by atoms with Gasteiger partial charge in [-0.25, -0.2) is 0 Å². The summed E-state index contributed by atoms with van der Waals surface area (Å²) in [7, 11) is 0. The number of rotatable bonds is 6. The minimum atomic E-state index is -0.230. The molecule has 0 radical (unpaired) electrons. The van der Waals surface area contributed by atoms with Gasteiger partial charge in [-0.2, -0.15) is 0 Å². The highest BCUT2D eigenvalue weighted by Gasteiger charge is 2.42. The third-order valence-electron chi connectivity index (χ3n) is 13.1. The summed E-state index contributed by atoms with van der Waals surface area (Å²) in [6.07, 6.45) is 2.22. The lowest BCUT2D eigenvalue weighted by atomic mass is 9.80. The zero-order valence-electron chi connectivity index (χ0n) is 34.7. The molecule has 5 heteroatoms. The number of nitrogens with zero attached hydrogens (tertiary/aromatic N) is 2. The van der Waals surface area contributed by atoms with E-state index in [1.165, 1.54) is 16.7 Å². The Kier molecular flexibility index (Phi) is 7.79. The number of anilines is 5. The van der Waals surface area contributed by atoms with Crippen molar-refractivity contribution in [3.05, 3.63) is 222 Å². The summed E-state index contributed by atoms with van der Waals surface area (Å²) >= 11 is 0. The molecule has 2 atom stereocenters. The first-order chi connectivity index (χ1) is 31.1. The van der Waals surface area contributed by atoms with Crippen molar-refractivity contribution < 1.29 is 13.6 Å². The van der Waals surface area contributed by atoms with Gasteiger partial charge >= 0.3 is 0 Å². The van der Waals surface area contributed by atoms with Crippen LogP contribution >= 0.6 is 0 Å². The standard InChI is InChI=1S/C58H40N2O3/c1-35-15-11-17-37(31-35)59(48-27-13-25-45-41-21-7-9-29-52(41)61-57(45)48)50-33-47-55-43-23-5-3-19-39(43)51(34-54(55)63-56(47)44-24-6-4-20-40(44)50)60(38-18-12-16-36(2)32-38)49-28-14-26-46-42-22-8-10-30-53(42)62-58(46)49/h3-34,47,56H,1-2H3. The van der Waals surface area contributed by atoms with Crippen LogP contribution in [0.25, 0.3) is 60.3 Å².